The topological polar surface area (TPSA) is 57.5 Å². The Kier molecular flexibility index (Phi) is 4.30. The Labute approximate surface area is 76.0 Å². The maximum atomic E-state index is 12.8. The summed E-state index contributed by atoms with van der Waals surface area (Å²) in [4.78, 5) is 10.1. The van der Waals surface area contributed by atoms with Crippen molar-refractivity contribution >= 4 is 18.9 Å². The molecule has 13 heavy (non-hydrogen) atoms. The molecule has 0 unspecified atom stereocenters. The van der Waals surface area contributed by atoms with Gasteiger partial charge in [0.1, 0.15) is 5.82 Å². The van der Waals surface area contributed by atoms with E-state index in [1.807, 2.05) is 0 Å². The smallest absolute Gasteiger partial charge is 0.423 e. The summed E-state index contributed by atoms with van der Waals surface area (Å²) in [5.74, 6) is -0.754. The van der Waals surface area contributed by atoms with Crippen molar-refractivity contribution in [1.29, 1.82) is 0 Å². The van der Waals surface area contributed by atoms with Crippen molar-refractivity contribution in [2.75, 3.05) is 0 Å². The number of carbonyl (C=O) groups is 1. The Morgan fingerprint density at radius 3 is 2.38 bits per heavy atom. The van der Waals surface area contributed by atoms with Crippen LogP contribution in [0.25, 0.3) is 0 Å². The Balaban J connectivity index is 0.00000144. The van der Waals surface area contributed by atoms with E-state index in [9.17, 15) is 9.18 Å². The van der Waals surface area contributed by atoms with Crippen LogP contribution in [0.2, 0.25) is 0 Å². The molecule has 0 radical (unpaired) electrons. The van der Waals surface area contributed by atoms with E-state index in [-0.39, 0.29) is 18.5 Å². The molecule has 0 fully saturated rings. The highest BCUT2D eigenvalue weighted by Gasteiger charge is 2.12. The molecule has 1 rings (SSSR count). The fourth-order valence-electron chi connectivity index (χ4n) is 0.800. The van der Waals surface area contributed by atoms with E-state index in [1.165, 1.54) is 12.1 Å². The lowest BCUT2D eigenvalue weighted by Crippen LogP contribution is -2.30. The monoisotopic (exact) mass is 184 g/mol. The summed E-state index contributed by atoms with van der Waals surface area (Å²) in [7, 11) is -1.71. The zero-order valence-electron chi connectivity index (χ0n) is 6.07. The van der Waals surface area contributed by atoms with Crippen LogP contribution >= 0.6 is 0 Å². The number of benzene rings is 1. The van der Waals surface area contributed by atoms with Crippen molar-refractivity contribution in [2.45, 2.75) is 7.43 Å². The molecule has 1 aromatic rings. The molecule has 0 aliphatic carbocycles. The summed E-state index contributed by atoms with van der Waals surface area (Å²) in [5, 5.41) is 17.2. The van der Waals surface area contributed by atoms with Crippen molar-refractivity contribution in [2.24, 2.45) is 0 Å². The first-order chi connectivity index (χ1) is 5.65. The number of aldehydes is 1. The molecule has 0 atom stereocenters. The van der Waals surface area contributed by atoms with Crippen molar-refractivity contribution in [1.82, 2.24) is 0 Å². The molecule has 0 aliphatic heterocycles. The average molecular weight is 184 g/mol. The van der Waals surface area contributed by atoms with Crippen molar-refractivity contribution in [3.05, 3.63) is 29.6 Å². The Hall–Kier alpha value is -1.20. The lowest BCUT2D eigenvalue weighted by molar-refractivity contribution is 0.112. The first-order valence-corrected chi connectivity index (χ1v) is 3.26. The third-order valence-electron chi connectivity index (χ3n) is 1.45. The van der Waals surface area contributed by atoms with Gasteiger partial charge in [0.15, 0.2) is 6.29 Å². The second-order valence-electron chi connectivity index (χ2n) is 2.27. The predicted octanol–water partition coefficient (Wildman–Crippen LogP) is -0.0459. The van der Waals surface area contributed by atoms with Crippen LogP contribution in [0.5, 0.6) is 0 Å². The van der Waals surface area contributed by atoms with Gasteiger partial charge < -0.3 is 10.0 Å². The van der Waals surface area contributed by atoms with E-state index < -0.39 is 12.9 Å². The van der Waals surface area contributed by atoms with Crippen LogP contribution in [-0.4, -0.2) is 23.5 Å². The van der Waals surface area contributed by atoms with Gasteiger partial charge in [0.25, 0.3) is 0 Å². The second kappa shape index (κ2) is 4.74. The molecule has 0 amide bonds. The van der Waals surface area contributed by atoms with E-state index in [4.69, 9.17) is 10.0 Å². The van der Waals surface area contributed by atoms with Crippen molar-refractivity contribution in [3.63, 3.8) is 0 Å². The van der Waals surface area contributed by atoms with Gasteiger partial charge in [-0.2, -0.15) is 0 Å². The molecule has 0 saturated heterocycles. The van der Waals surface area contributed by atoms with Gasteiger partial charge in [0.05, 0.1) is 0 Å². The molecular formula is C8H10BFO3. The lowest BCUT2D eigenvalue weighted by Gasteiger charge is -1.99. The highest BCUT2D eigenvalue weighted by atomic mass is 19.1. The van der Waals surface area contributed by atoms with Crippen LogP contribution in [0, 0.1) is 5.82 Å². The third-order valence-corrected chi connectivity index (χ3v) is 1.45. The van der Waals surface area contributed by atoms with E-state index >= 15 is 0 Å². The molecular weight excluding hydrogens is 174 g/mol. The summed E-state index contributed by atoms with van der Waals surface area (Å²) >= 11 is 0. The zero-order chi connectivity index (χ0) is 9.14. The molecule has 1 aromatic carbocycles. The summed E-state index contributed by atoms with van der Waals surface area (Å²) in [6.07, 6.45) is 0.364. The lowest BCUT2D eigenvalue weighted by atomic mass is 9.80. The Morgan fingerprint density at radius 1 is 1.38 bits per heavy atom. The second-order valence-corrected chi connectivity index (χ2v) is 2.27. The van der Waals surface area contributed by atoms with Gasteiger partial charge in [0.2, 0.25) is 0 Å². The maximum Gasteiger partial charge on any atom is 0.488 e. The van der Waals surface area contributed by atoms with Gasteiger partial charge in [-0.1, -0.05) is 13.5 Å². The standard InChI is InChI=1S/C7H6BFO3.CH4/c9-7-3-6(8(11)12)2-1-5(7)4-10;/h1-4,11-12H;1H4. The fourth-order valence-corrected chi connectivity index (χ4v) is 0.800. The number of rotatable bonds is 2. The number of hydrogen-bond donors (Lipinski definition) is 2. The fraction of sp³-hybridized carbons (Fsp3) is 0.125. The minimum absolute atomic E-state index is 0. The normalized spacial score (nSPS) is 8.85. The summed E-state index contributed by atoms with van der Waals surface area (Å²) in [6.45, 7) is 0. The molecule has 0 aliphatic rings. The molecule has 0 aromatic heterocycles. The average Bonchev–Trinajstić information content (AvgIpc) is 2.04. The Bertz CT molecular complexity index is 301. The minimum Gasteiger partial charge on any atom is -0.423 e. The van der Waals surface area contributed by atoms with Crippen LogP contribution in [0.3, 0.4) is 0 Å². The largest absolute Gasteiger partial charge is 0.488 e. The molecule has 0 saturated carbocycles. The highest BCUT2D eigenvalue weighted by Crippen LogP contribution is 2.01. The minimum atomic E-state index is -1.71. The molecule has 2 N–H and O–H groups in total. The van der Waals surface area contributed by atoms with Crippen LogP contribution in [0.15, 0.2) is 18.2 Å². The quantitative estimate of drug-likeness (QED) is 0.500. The number of halogens is 1. The van der Waals surface area contributed by atoms with Crippen molar-refractivity contribution < 1.29 is 19.2 Å². The van der Waals surface area contributed by atoms with Crippen LogP contribution in [0.4, 0.5) is 4.39 Å². The van der Waals surface area contributed by atoms with Gasteiger partial charge in [-0.05, 0) is 17.6 Å². The summed E-state index contributed by atoms with van der Waals surface area (Å²) in [5.41, 5.74) is -0.0718. The van der Waals surface area contributed by atoms with Gasteiger partial charge in [-0.3, -0.25) is 4.79 Å². The van der Waals surface area contributed by atoms with Gasteiger partial charge in [0, 0.05) is 5.56 Å². The molecule has 5 heteroatoms. The maximum absolute atomic E-state index is 12.8. The highest BCUT2D eigenvalue weighted by molar-refractivity contribution is 6.58. The van der Waals surface area contributed by atoms with Crippen LogP contribution in [0.1, 0.15) is 17.8 Å². The van der Waals surface area contributed by atoms with Crippen molar-refractivity contribution in [3.8, 4) is 0 Å². The first-order valence-electron chi connectivity index (χ1n) is 3.26. The van der Waals surface area contributed by atoms with E-state index in [0.717, 1.165) is 6.07 Å². The zero-order valence-corrected chi connectivity index (χ0v) is 6.07. The molecule has 3 nitrogen and oxygen atoms in total. The third kappa shape index (κ3) is 2.64. The van der Waals surface area contributed by atoms with E-state index in [0.29, 0.717) is 6.29 Å². The summed E-state index contributed by atoms with van der Waals surface area (Å²) in [6, 6.07) is 3.38. The molecule has 0 heterocycles. The first kappa shape index (κ1) is 11.8. The van der Waals surface area contributed by atoms with Crippen LogP contribution < -0.4 is 5.46 Å². The number of hydrogen-bond acceptors (Lipinski definition) is 3. The van der Waals surface area contributed by atoms with E-state index in [1.54, 1.807) is 0 Å². The molecule has 70 valence electrons. The number of carbonyl (C=O) groups excluding carboxylic acids is 1. The van der Waals surface area contributed by atoms with Gasteiger partial charge in [-0.15, -0.1) is 0 Å². The van der Waals surface area contributed by atoms with Crippen LogP contribution in [-0.2, 0) is 0 Å². The Morgan fingerprint density at radius 2 is 2.00 bits per heavy atom. The SMILES string of the molecule is C.O=Cc1ccc(B(O)O)cc1F. The molecule has 0 spiro atoms. The van der Waals surface area contributed by atoms with Gasteiger partial charge in [-0.25, -0.2) is 4.39 Å². The summed E-state index contributed by atoms with van der Waals surface area (Å²) < 4.78 is 12.8. The van der Waals surface area contributed by atoms with Gasteiger partial charge >= 0.3 is 7.12 Å². The van der Waals surface area contributed by atoms with E-state index in [2.05, 4.69) is 0 Å². The predicted molar refractivity (Wildman–Crippen MR) is 48.3 cm³/mol. The molecule has 0 bridgehead atoms.